The molecule has 0 bridgehead atoms. The molecule has 3 aromatic rings. The summed E-state index contributed by atoms with van der Waals surface area (Å²) >= 11 is 1.43. The number of hydrogen-bond acceptors (Lipinski definition) is 6. The maximum absolute atomic E-state index is 12.4. The van der Waals surface area contributed by atoms with E-state index in [4.69, 9.17) is 8.37 Å². The van der Waals surface area contributed by atoms with E-state index in [1.807, 2.05) is 48.5 Å². The number of rotatable bonds is 7. The molecule has 0 aromatic heterocycles. The summed E-state index contributed by atoms with van der Waals surface area (Å²) in [5.74, 6) is -0.969. The van der Waals surface area contributed by atoms with Crippen LogP contribution in [0, 0.1) is 0 Å². The third-order valence-corrected chi connectivity index (χ3v) is 4.80. The van der Waals surface area contributed by atoms with E-state index in [2.05, 4.69) is 0 Å². The summed E-state index contributed by atoms with van der Waals surface area (Å²) < 4.78 is 10.2. The van der Waals surface area contributed by atoms with Crippen LogP contribution in [0.1, 0.15) is 31.8 Å². The summed E-state index contributed by atoms with van der Waals surface area (Å²) in [4.78, 5) is 24.2. The zero-order valence-corrected chi connectivity index (χ0v) is 15.9. The molecule has 0 aliphatic rings. The summed E-state index contributed by atoms with van der Waals surface area (Å²) in [6, 6.07) is 25.8. The Morgan fingerprint density at radius 2 is 1.22 bits per heavy atom. The van der Waals surface area contributed by atoms with Crippen LogP contribution in [0.3, 0.4) is 0 Å². The van der Waals surface area contributed by atoms with Gasteiger partial charge in [-0.05, 0) is 35.7 Å². The van der Waals surface area contributed by atoms with Crippen molar-refractivity contribution >= 4 is 34.1 Å². The molecule has 0 saturated carbocycles. The molecule has 3 aromatic carbocycles. The van der Waals surface area contributed by atoms with Gasteiger partial charge in [0.2, 0.25) is 0 Å². The number of hydrogen-bond donors (Lipinski definition) is 0. The van der Waals surface area contributed by atoms with Crippen molar-refractivity contribution in [3.8, 4) is 0 Å². The average Bonchev–Trinajstić information content (AvgIpc) is 2.72. The average molecular weight is 396 g/mol. The lowest BCUT2D eigenvalue weighted by molar-refractivity contribution is 0.0751. The quantitative estimate of drug-likeness (QED) is 0.298. The Morgan fingerprint density at radius 3 is 1.93 bits per heavy atom. The minimum atomic E-state index is -0.492. The molecule has 27 heavy (non-hydrogen) atoms. The van der Waals surface area contributed by atoms with E-state index < -0.39 is 11.9 Å². The zero-order valence-electron chi connectivity index (χ0n) is 14.2. The van der Waals surface area contributed by atoms with Crippen molar-refractivity contribution < 1.29 is 18.0 Å². The fourth-order valence-corrected chi connectivity index (χ4v) is 3.35. The maximum Gasteiger partial charge on any atom is 0.351 e. The first-order valence-corrected chi connectivity index (χ1v) is 10.2. The molecule has 0 spiro atoms. The van der Waals surface area contributed by atoms with Crippen LogP contribution in [0.2, 0.25) is 0 Å². The Morgan fingerprint density at radius 1 is 0.667 bits per heavy atom. The van der Waals surface area contributed by atoms with Gasteiger partial charge in [0, 0.05) is 0 Å². The van der Waals surface area contributed by atoms with Crippen molar-refractivity contribution in [3.63, 3.8) is 0 Å². The number of benzene rings is 3. The van der Waals surface area contributed by atoms with Gasteiger partial charge in [0.05, 0.1) is 11.1 Å². The summed E-state index contributed by atoms with van der Waals surface area (Å²) in [5, 5.41) is 0. The van der Waals surface area contributed by atoms with E-state index in [9.17, 15) is 9.59 Å². The molecule has 0 fully saturated rings. The molecule has 6 heteroatoms. The van der Waals surface area contributed by atoms with Crippen molar-refractivity contribution in [3.05, 3.63) is 107 Å². The monoisotopic (exact) mass is 396 g/mol. The molecule has 0 atom stereocenters. The summed E-state index contributed by atoms with van der Waals surface area (Å²) in [5.41, 5.74) is 2.91. The second-order valence-electron chi connectivity index (χ2n) is 5.56. The van der Waals surface area contributed by atoms with Gasteiger partial charge in [-0.2, -0.15) is 0 Å². The van der Waals surface area contributed by atoms with Gasteiger partial charge in [0.1, 0.15) is 0 Å². The molecule has 0 unspecified atom stereocenters. The van der Waals surface area contributed by atoms with E-state index in [0.29, 0.717) is 28.6 Å². The van der Waals surface area contributed by atoms with E-state index in [1.165, 1.54) is 0 Å². The SMILES string of the molecule is O=C(OSSOC(=O)c1ccccc1Cc1ccccc1)c1ccccc1. The highest BCUT2D eigenvalue weighted by molar-refractivity contribution is 8.73. The van der Waals surface area contributed by atoms with Crippen molar-refractivity contribution in [2.24, 2.45) is 0 Å². The van der Waals surface area contributed by atoms with Gasteiger partial charge in [-0.15, -0.1) is 0 Å². The van der Waals surface area contributed by atoms with Crippen LogP contribution in [0.25, 0.3) is 0 Å². The van der Waals surface area contributed by atoms with Crippen LogP contribution in [0.4, 0.5) is 0 Å². The highest BCUT2D eigenvalue weighted by Gasteiger charge is 2.15. The van der Waals surface area contributed by atoms with E-state index >= 15 is 0 Å². The van der Waals surface area contributed by atoms with E-state index in [0.717, 1.165) is 22.2 Å². The van der Waals surface area contributed by atoms with Crippen LogP contribution in [-0.2, 0) is 14.8 Å². The predicted molar refractivity (Wildman–Crippen MR) is 108 cm³/mol. The lowest BCUT2D eigenvalue weighted by Crippen LogP contribution is -2.05. The lowest BCUT2D eigenvalue weighted by Gasteiger charge is -2.08. The highest BCUT2D eigenvalue weighted by atomic mass is 33.1. The highest BCUT2D eigenvalue weighted by Crippen LogP contribution is 2.27. The van der Waals surface area contributed by atoms with Crippen molar-refractivity contribution in [1.29, 1.82) is 0 Å². The van der Waals surface area contributed by atoms with Crippen LogP contribution in [0.5, 0.6) is 0 Å². The van der Waals surface area contributed by atoms with Crippen LogP contribution in [-0.4, -0.2) is 11.9 Å². The molecule has 0 heterocycles. The Labute approximate surface area is 165 Å². The molecular formula is C21H16O4S2. The van der Waals surface area contributed by atoms with Crippen LogP contribution >= 0.6 is 22.1 Å². The zero-order chi connectivity index (χ0) is 18.9. The molecule has 0 N–H and O–H groups in total. The first-order chi connectivity index (χ1) is 13.2. The number of carbonyl (C=O) groups is 2. The molecule has 3 rings (SSSR count). The second-order valence-corrected chi connectivity index (χ2v) is 6.99. The van der Waals surface area contributed by atoms with E-state index in [1.54, 1.807) is 36.4 Å². The van der Waals surface area contributed by atoms with Gasteiger partial charge in [0.15, 0.2) is 22.1 Å². The Kier molecular flexibility index (Phi) is 6.96. The first kappa shape index (κ1) is 19.1. The summed E-state index contributed by atoms with van der Waals surface area (Å²) in [6.07, 6.45) is 0.632. The molecule has 0 aliphatic carbocycles. The lowest BCUT2D eigenvalue weighted by atomic mass is 10.00. The van der Waals surface area contributed by atoms with Crippen LogP contribution in [0.15, 0.2) is 84.9 Å². The Bertz CT molecular complexity index is 898. The third-order valence-electron chi connectivity index (χ3n) is 3.73. The summed E-state index contributed by atoms with van der Waals surface area (Å²) in [6.45, 7) is 0. The largest absolute Gasteiger partial charge is 0.372 e. The third kappa shape index (κ3) is 5.64. The maximum atomic E-state index is 12.4. The summed E-state index contributed by atoms with van der Waals surface area (Å²) in [7, 11) is 0. The van der Waals surface area contributed by atoms with Crippen LogP contribution < -0.4 is 0 Å². The first-order valence-electron chi connectivity index (χ1n) is 8.17. The predicted octanol–water partition coefficient (Wildman–Crippen LogP) is 5.50. The Balaban J connectivity index is 1.53. The molecule has 136 valence electrons. The van der Waals surface area contributed by atoms with Gasteiger partial charge in [-0.25, -0.2) is 9.59 Å². The molecular weight excluding hydrogens is 380 g/mol. The standard InChI is InChI=1S/C21H16O4S2/c22-20(17-11-5-2-6-12-17)24-26-27-25-21(23)19-14-8-7-13-18(19)15-16-9-3-1-4-10-16/h1-14H,15H2. The Hall–Kier alpha value is -2.70. The van der Waals surface area contributed by atoms with Gasteiger partial charge in [-0.3, -0.25) is 0 Å². The van der Waals surface area contributed by atoms with Gasteiger partial charge in [-0.1, -0.05) is 66.7 Å². The van der Waals surface area contributed by atoms with Gasteiger partial charge in [0.25, 0.3) is 0 Å². The topological polar surface area (TPSA) is 52.6 Å². The minimum absolute atomic E-state index is 0.435. The molecule has 0 saturated heterocycles. The molecule has 4 nitrogen and oxygen atoms in total. The van der Waals surface area contributed by atoms with Crippen molar-refractivity contribution in [1.82, 2.24) is 0 Å². The molecule has 0 radical (unpaired) electrons. The second kappa shape index (κ2) is 9.85. The fourth-order valence-electron chi connectivity index (χ4n) is 2.45. The molecule has 0 aliphatic heterocycles. The van der Waals surface area contributed by atoms with Gasteiger partial charge < -0.3 is 8.37 Å². The molecule has 0 amide bonds. The van der Waals surface area contributed by atoms with Gasteiger partial charge >= 0.3 is 11.9 Å². The smallest absolute Gasteiger partial charge is 0.351 e. The fraction of sp³-hybridized carbons (Fsp3) is 0.0476. The van der Waals surface area contributed by atoms with Crippen molar-refractivity contribution in [2.45, 2.75) is 6.42 Å². The normalized spacial score (nSPS) is 10.2. The van der Waals surface area contributed by atoms with Crippen molar-refractivity contribution in [2.75, 3.05) is 0 Å². The minimum Gasteiger partial charge on any atom is -0.372 e. The number of carbonyl (C=O) groups excluding carboxylic acids is 2. The van der Waals surface area contributed by atoms with E-state index in [-0.39, 0.29) is 0 Å².